The smallest absolute Gasteiger partial charge is 0.308 e. The zero-order valence-corrected chi connectivity index (χ0v) is 14.5. The second-order valence-electron chi connectivity index (χ2n) is 6.38. The minimum Gasteiger partial charge on any atom is -0.422 e. The van der Waals surface area contributed by atoms with Gasteiger partial charge in [0, 0.05) is 38.7 Å². The molecule has 0 saturated carbocycles. The maximum absolute atomic E-state index is 11.6. The quantitative estimate of drug-likeness (QED) is 0.539. The van der Waals surface area contributed by atoms with Crippen molar-refractivity contribution in [1.82, 2.24) is 9.78 Å². The Hall–Kier alpha value is -3.08. The van der Waals surface area contributed by atoms with Crippen LogP contribution in [0.2, 0.25) is 0 Å². The van der Waals surface area contributed by atoms with Crippen LogP contribution in [0.1, 0.15) is 18.2 Å². The molecule has 2 aromatic carbocycles. The van der Waals surface area contributed by atoms with Gasteiger partial charge in [-0.15, -0.1) is 0 Å². The first-order valence-corrected chi connectivity index (χ1v) is 8.21. The van der Waals surface area contributed by atoms with Crippen molar-refractivity contribution in [2.75, 3.05) is 19.0 Å². The highest BCUT2D eigenvalue weighted by Crippen LogP contribution is 2.40. The fourth-order valence-corrected chi connectivity index (χ4v) is 3.20. The number of ether oxygens (including phenoxy) is 1. The first-order valence-electron chi connectivity index (χ1n) is 8.21. The fourth-order valence-electron chi connectivity index (χ4n) is 3.20. The number of nitrogens with zero attached hydrogens (tertiary/aromatic N) is 3. The highest BCUT2D eigenvalue weighted by atomic mass is 16.5. The molecule has 0 unspecified atom stereocenters. The first kappa shape index (κ1) is 15.4. The molecule has 0 spiro atoms. The Labute approximate surface area is 146 Å². The molecule has 0 bridgehead atoms. The Morgan fingerprint density at radius 1 is 1.12 bits per heavy atom. The molecule has 1 aromatic heterocycles. The first-order chi connectivity index (χ1) is 12.0. The number of hydrogen-bond donors (Lipinski definition) is 0. The third-order valence-corrected chi connectivity index (χ3v) is 4.41. The Bertz CT molecular complexity index is 956. The van der Waals surface area contributed by atoms with E-state index in [2.05, 4.69) is 6.07 Å². The predicted molar refractivity (Wildman–Crippen MR) is 97.4 cm³/mol. The van der Waals surface area contributed by atoms with Crippen molar-refractivity contribution in [3.8, 4) is 22.7 Å². The van der Waals surface area contributed by atoms with Crippen LogP contribution in [0.25, 0.3) is 16.9 Å². The lowest BCUT2D eigenvalue weighted by Crippen LogP contribution is -2.08. The predicted octanol–water partition coefficient (Wildman–Crippen LogP) is 3.43. The summed E-state index contributed by atoms with van der Waals surface area (Å²) < 4.78 is 7.45. The molecule has 4 rings (SSSR count). The number of anilines is 1. The molecule has 5 nitrogen and oxygen atoms in total. The molecular formula is C20H19N3O2. The molecule has 0 N–H and O–H groups in total. The third kappa shape index (κ3) is 2.58. The van der Waals surface area contributed by atoms with Crippen LogP contribution in [0.3, 0.4) is 0 Å². The maximum Gasteiger partial charge on any atom is 0.308 e. The van der Waals surface area contributed by atoms with E-state index >= 15 is 0 Å². The van der Waals surface area contributed by atoms with Crippen LogP contribution in [0, 0.1) is 0 Å². The van der Waals surface area contributed by atoms with Gasteiger partial charge in [0.05, 0.1) is 11.4 Å². The van der Waals surface area contributed by atoms with Crippen molar-refractivity contribution in [2.24, 2.45) is 0 Å². The summed E-state index contributed by atoms with van der Waals surface area (Å²) in [5, 5.41) is 4.76. The largest absolute Gasteiger partial charge is 0.422 e. The molecule has 1 aliphatic heterocycles. The highest BCUT2D eigenvalue weighted by molar-refractivity contribution is 5.77. The molecule has 0 aliphatic carbocycles. The standard InChI is InChI=1S/C20H19N3O2/c1-13(24)25-20-18-12-15-6-4-5-7-17(15)23(18)21-19(20)14-8-10-16(11-9-14)22(2)3/h4-11H,12H2,1-3H3. The van der Waals surface area contributed by atoms with Gasteiger partial charge < -0.3 is 9.64 Å². The van der Waals surface area contributed by atoms with Gasteiger partial charge in [-0.1, -0.05) is 30.3 Å². The number of aromatic nitrogens is 2. The molecule has 25 heavy (non-hydrogen) atoms. The van der Waals surface area contributed by atoms with E-state index in [-0.39, 0.29) is 5.97 Å². The second-order valence-corrected chi connectivity index (χ2v) is 6.38. The van der Waals surface area contributed by atoms with E-state index in [9.17, 15) is 4.79 Å². The molecule has 0 saturated heterocycles. The summed E-state index contributed by atoms with van der Waals surface area (Å²) in [4.78, 5) is 13.7. The van der Waals surface area contributed by atoms with E-state index < -0.39 is 0 Å². The van der Waals surface area contributed by atoms with Crippen LogP contribution < -0.4 is 9.64 Å². The van der Waals surface area contributed by atoms with E-state index in [4.69, 9.17) is 9.84 Å². The number of carbonyl (C=O) groups excluding carboxylic acids is 1. The normalized spacial score (nSPS) is 11.8. The average molecular weight is 333 g/mol. The van der Waals surface area contributed by atoms with E-state index in [1.54, 1.807) is 0 Å². The number of esters is 1. The van der Waals surface area contributed by atoms with E-state index in [1.165, 1.54) is 12.5 Å². The topological polar surface area (TPSA) is 47.4 Å². The minimum absolute atomic E-state index is 0.335. The monoisotopic (exact) mass is 333 g/mol. The second kappa shape index (κ2) is 5.77. The van der Waals surface area contributed by atoms with Crippen LogP contribution in [-0.2, 0) is 11.2 Å². The number of rotatable bonds is 3. The van der Waals surface area contributed by atoms with Crippen molar-refractivity contribution in [2.45, 2.75) is 13.3 Å². The summed E-state index contributed by atoms with van der Waals surface area (Å²) in [6.07, 6.45) is 0.710. The summed E-state index contributed by atoms with van der Waals surface area (Å²) in [5.74, 6) is 0.222. The summed E-state index contributed by atoms with van der Waals surface area (Å²) >= 11 is 0. The molecule has 5 heteroatoms. The summed E-state index contributed by atoms with van der Waals surface area (Å²) in [5.41, 5.74) is 5.89. The minimum atomic E-state index is -0.335. The van der Waals surface area contributed by atoms with Crippen molar-refractivity contribution in [3.05, 3.63) is 59.8 Å². The van der Waals surface area contributed by atoms with Gasteiger partial charge in [0.25, 0.3) is 0 Å². The average Bonchev–Trinajstić information content (AvgIpc) is 3.12. The molecule has 126 valence electrons. The van der Waals surface area contributed by atoms with E-state index in [1.807, 2.05) is 66.1 Å². The Morgan fingerprint density at radius 3 is 2.52 bits per heavy atom. The number of carbonyl (C=O) groups is 1. The Kier molecular flexibility index (Phi) is 3.57. The van der Waals surface area contributed by atoms with Gasteiger partial charge >= 0.3 is 5.97 Å². The van der Waals surface area contributed by atoms with Gasteiger partial charge in [-0.3, -0.25) is 4.79 Å². The fraction of sp³-hybridized carbons (Fsp3) is 0.200. The van der Waals surface area contributed by atoms with Crippen LogP contribution in [0.15, 0.2) is 48.5 Å². The molecule has 0 amide bonds. The Balaban J connectivity index is 1.85. The van der Waals surface area contributed by atoms with E-state index in [0.717, 1.165) is 22.6 Å². The van der Waals surface area contributed by atoms with Gasteiger partial charge in [-0.25, -0.2) is 4.68 Å². The van der Waals surface area contributed by atoms with Gasteiger partial charge in [-0.05, 0) is 23.8 Å². The van der Waals surface area contributed by atoms with Crippen LogP contribution in [-0.4, -0.2) is 29.8 Å². The third-order valence-electron chi connectivity index (χ3n) is 4.41. The zero-order valence-electron chi connectivity index (χ0n) is 14.5. The van der Waals surface area contributed by atoms with Crippen LogP contribution in [0.4, 0.5) is 5.69 Å². The highest BCUT2D eigenvalue weighted by Gasteiger charge is 2.28. The Morgan fingerprint density at radius 2 is 1.84 bits per heavy atom. The zero-order chi connectivity index (χ0) is 17.6. The molecule has 0 radical (unpaired) electrons. The number of para-hydroxylation sites is 1. The number of hydrogen-bond acceptors (Lipinski definition) is 4. The van der Waals surface area contributed by atoms with Crippen molar-refractivity contribution < 1.29 is 9.53 Å². The molecule has 0 fully saturated rings. The van der Waals surface area contributed by atoms with Crippen molar-refractivity contribution >= 4 is 11.7 Å². The maximum atomic E-state index is 11.6. The van der Waals surface area contributed by atoms with Gasteiger partial charge in [-0.2, -0.15) is 5.10 Å². The lowest BCUT2D eigenvalue weighted by molar-refractivity contribution is -0.131. The van der Waals surface area contributed by atoms with Gasteiger partial charge in [0.1, 0.15) is 5.69 Å². The molecule has 2 heterocycles. The number of fused-ring (bicyclic) bond motifs is 3. The molecular weight excluding hydrogens is 314 g/mol. The van der Waals surface area contributed by atoms with Crippen LogP contribution in [0.5, 0.6) is 5.75 Å². The van der Waals surface area contributed by atoms with E-state index in [0.29, 0.717) is 17.9 Å². The summed E-state index contributed by atoms with van der Waals surface area (Å²) in [6, 6.07) is 16.2. The van der Waals surface area contributed by atoms with Crippen molar-refractivity contribution in [1.29, 1.82) is 0 Å². The molecule has 0 atom stereocenters. The van der Waals surface area contributed by atoms with Gasteiger partial charge in [0.2, 0.25) is 0 Å². The lowest BCUT2D eigenvalue weighted by atomic mass is 10.1. The van der Waals surface area contributed by atoms with Crippen LogP contribution >= 0.6 is 0 Å². The van der Waals surface area contributed by atoms with Crippen molar-refractivity contribution in [3.63, 3.8) is 0 Å². The molecule has 1 aliphatic rings. The SMILES string of the molecule is CC(=O)Oc1c(-c2ccc(N(C)C)cc2)nn2c1Cc1ccccc1-2. The van der Waals surface area contributed by atoms with Gasteiger partial charge in [0.15, 0.2) is 5.75 Å². The summed E-state index contributed by atoms with van der Waals surface area (Å²) in [7, 11) is 4.00. The molecule has 3 aromatic rings. The summed E-state index contributed by atoms with van der Waals surface area (Å²) in [6.45, 7) is 1.42. The number of benzene rings is 2. The lowest BCUT2D eigenvalue weighted by Gasteiger charge is -2.12.